The predicted molar refractivity (Wildman–Crippen MR) is 81.3 cm³/mol. The second-order valence-corrected chi connectivity index (χ2v) is 5.59. The maximum Gasteiger partial charge on any atom is 0.336 e. The summed E-state index contributed by atoms with van der Waals surface area (Å²) in [5.74, 6) is -0.667. The maximum atomic E-state index is 12.0. The van der Waals surface area contributed by atoms with Crippen molar-refractivity contribution in [3.8, 4) is 0 Å². The predicted octanol–water partition coefficient (Wildman–Crippen LogP) is 2.50. The van der Waals surface area contributed by atoms with Crippen LogP contribution in [0.1, 0.15) is 31.1 Å². The van der Waals surface area contributed by atoms with Gasteiger partial charge in [0, 0.05) is 23.1 Å². The van der Waals surface area contributed by atoms with Crippen LogP contribution in [0.25, 0.3) is 10.9 Å². The van der Waals surface area contributed by atoms with Crippen molar-refractivity contribution < 1.29 is 14.7 Å². The van der Waals surface area contributed by atoms with Crippen LogP contribution in [0.15, 0.2) is 30.5 Å². The number of nitrogens with zero attached hydrogens (tertiary/aromatic N) is 1. The molecule has 2 aromatic rings. The number of carbonyl (C=O) groups is 2. The summed E-state index contributed by atoms with van der Waals surface area (Å²) in [5, 5.41) is 12.8. The fraction of sp³-hybridized carbons (Fsp3) is 0.375. The number of carbonyl (C=O) groups excluding carboxylic acids is 1. The van der Waals surface area contributed by atoms with E-state index in [0.717, 1.165) is 5.52 Å². The Hall–Kier alpha value is -2.30. The zero-order valence-corrected chi connectivity index (χ0v) is 12.5. The van der Waals surface area contributed by atoms with Gasteiger partial charge in [-0.3, -0.25) is 4.79 Å². The zero-order chi connectivity index (χ0) is 15.6. The van der Waals surface area contributed by atoms with Gasteiger partial charge in [-0.15, -0.1) is 0 Å². The van der Waals surface area contributed by atoms with Crippen LogP contribution in [0.2, 0.25) is 0 Å². The highest BCUT2D eigenvalue weighted by molar-refractivity contribution is 6.03. The van der Waals surface area contributed by atoms with Crippen LogP contribution in [0.5, 0.6) is 0 Å². The molecule has 1 atom stereocenters. The van der Waals surface area contributed by atoms with Crippen LogP contribution < -0.4 is 5.32 Å². The number of benzene rings is 1. The summed E-state index contributed by atoms with van der Waals surface area (Å²) in [4.78, 5) is 23.2. The van der Waals surface area contributed by atoms with E-state index >= 15 is 0 Å². The van der Waals surface area contributed by atoms with Gasteiger partial charge in [-0.05, 0) is 31.0 Å². The van der Waals surface area contributed by atoms with E-state index < -0.39 is 5.97 Å². The van der Waals surface area contributed by atoms with Gasteiger partial charge in [0.1, 0.15) is 6.54 Å². The van der Waals surface area contributed by atoms with E-state index in [2.05, 4.69) is 19.2 Å². The van der Waals surface area contributed by atoms with Crippen molar-refractivity contribution >= 4 is 22.8 Å². The molecule has 1 heterocycles. The first-order valence-corrected chi connectivity index (χ1v) is 7.00. The van der Waals surface area contributed by atoms with E-state index in [-0.39, 0.29) is 24.1 Å². The third-order valence-corrected chi connectivity index (χ3v) is 3.75. The minimum Gasteiger partial charge on any atom is -0.478 e. The molecule has 0 aliphatic heterocycles. The quantitative estimate of drug-likeness (QED) is 0.888. The molecule has 2 N–H and O–H groups in total. The fourth-order valence-corrected chi connectivity index (χ4v) is 2.17. The van der Waals surface area contributed by atoms with Gasteiger partial charge >= 0.3 is 5.97 Å². The summed E-state index contributed by atoms with van der Waals surface area (Å²) < 4.78 is 1.77. The molecule has 0 saturated carbocycles. The zero-order valence-electron chi connectivity index (χ0n) is 12.5. The second-order valence-electron chi connectivity index (χ2n) is 5.59. The lowest BCUT2D eigenvalue weighted by Crippen LogP contribution is -2.38. The van der Waals surface area contributed by atoms with Crippen molar-refractivity contribution in [1.82, 2.24) is 9.88 Å². The highest BCUT2D eigenvalue weighted by Crippen LogP contribution is 2.20. The van der Waals surface area contributed by atoms with E-state index in [4.69, 9.17) is 5.11 Å². The van der Waals surface area contributed by atoms with E-state index in [0.29, 0.717) is 11.3 Å². The van der Waals surface area contributed by atoms with Gasteiger partial charge in [0.25, 0.3) is 0 Å². The molecule has 5 heteroatoms. The number of aromatic carboxylic acids is 1. The Bertz CT molecular complexity index is 673. The monoisotopic (exact) mass is 288 g/mol. The van der Waals surface area contributed by atoms with Crippen LogP contribution in [0.3, 0.4) is 0 Å². The molecule has 5 nitrogen and oxygen atoms in total. The fourth-order valence-electron chi connectivity index (χ4n) is 2.17. The average Bonchev–Trinajstić information content (AvgIpc) is 2.81. The lowest BCUT2D eigenvalue weighted by Gasteiger charge is -2.17. The third kappa shape index (κ3) is 3.24. The van der Waals surface area contributed by atoms with Gasteiger partial charge in [-0.1, -0.05) is 19.9 Å². The van der Waals surface area contributed by atoms with Crippen molar-refractivity contribution in [2.75, 3.05) is 0 Å². The lowest BCUT2D eigenvalue weighted by atomic mass is 10.1. The Morgan fingerprint density at radius 3 is 2.57 bits per heavy atom. The van der Waals surface area contributed by atoms with Crippen molar-refractivity contribution in [2.45, 2.75) is 33.4 Å². The molecule has 1 unspecified atom stereocenters. The molecule has 0 radical (unpaired) electrons. The second kappa shape index (κ2) is 5.99. The molecule has 0 spiro atoms. The SMILES string of the molecule is CC(C)C(C)NC(=O)Cn1ccc2c(C(=O)O)cccc21. The van der Waals surface area contributed by atoms with Crippen LogP contribution >= 0.6 is 0 Å². The van der Waals surface area contributed by atoms with E-state index in [1.807, 2.05) is 13.0 Å². The largest absolute Gasteiger partial charge is 0.478 e. The third-order valence-electron chi connectivity index (χ3n) is 3.75. The van der Waals surface area contributed by atoms with Crippen molar-refractivity contribution in [1.29, 1.82) is 0 Å². The van der Waals surface area contributed by atoms with E-state index in [1.54, 1.807) is 29.0 Å². The van der Waals surface area contributed by atoms with Crippen molar-refractivity contribution in [3.05, 3.63) is 36.0 Å². The molecule has 0 saturated heterocycles. The number of aromatic nitrogens is 1. The summed E-state index contributed by atoms with van der Waals surface area (Å²) in [6, 6.07) is 6.92. The van der Waals surface area contributed by atoms with Gasteiger partial charge in [0.05, 0.1) is 5.56 Å². The Labute approximate surface area is 123 Å². The summed E-state index contributed by atoms with van der Waals surface area (Å²) in [5.41, 5.74) is 1.00. The molecule has 2 rings (SSSR count). The molecular weight excluding hydrogens is 268 g/mol. The van der Waals surface area contributed by atoms with Crippen molar-refractivity contribution in [2.24, 2.45) is 5.92 Å². The lowest BCUT2D eigenvalue weighted by molar-refractivity contribution is -0.122. The topological polar surface area (TPSA) is 71.3 Å². The van der Waals surface area contributed by atoms with Gasteiger partial charge < -0.3 is 15.0 Å². The average molecular weight is 288 g/mol. The molecule has 1 aromatic carbocycles. The Morgan fingerprint density at radius 1 is 1.24 bits per heavy atom. The van der Waals surface area contributed by atoms with E-state index in [1.165, 1.54) is 0 Å². The molecule has 0 aliphatic carbocycles. The minimum atomic E-state index is -0.962. The molecule has 0 bridgehead atoms. The molecule has 21 heavy (non-hydrogen) atoms. The van der Waals surface area contributed by atoms with Crippen LogP contribution in [0, 0.1) is 5.92 Å². The first-order valence-electron chi connectivity index (χ1n) is 7.00. The Balaban J connectivity index is 2.22. The minimum absolute atomic E-state index is 0.0746. The van der Waals surface area contributed by atoms with Crippen LogP contribution in [0.4, 0.5) is 0 Å². The molecule has 0 aliphatic rings. The Morgan fingerprint density at radius 2 is 1.95 bits per heavy atom. The maximum absolute atomic E-state index is 12.0. The van der Waals surface area contributed by atoms with E-state index in [9.17, 15) is 9.59 Å². The molecular formula is C16H20N2O3. The number of rotatable bonds is 5. The summed E-state index contributed by atoms with van der Waals surface area (Å²) in [7, 11) is 0. The van der Waals surface area contributed by atoms with Gasteiger partial charge in [0.15, 0.2) is 0 Å². The molecule has 112 valence electrons. The Kier molecular flexibility index (Phi) is 4.31. The van der Waals surface area contributed by atoms with Gasteiger partial charge in [0.2, 0.25) is 5.91 Å². The van der Waals surface area contributed by atoms with Crippen LogP contribution in [-0.4, -0.2) is 27.6 Å². The normalized spacial score (nSPS) is 12.6. The standard InChI is InChI=1S/C16H20N2O3/c1-10(2)11(3)17-15(19)9-18-8-7-12-13(16(20)21)5-4-6-14(12)18/h4-8,10-11H,9H2,1-3H3,(H,17,19)(H,20,21). The number of amides is 1. The summed E-state index contributed by atoms with van der Waals surface area (Å²) in [6.45, 7) is 6.26. The first-order chi connectivity index (χ1) is 9.90. The van der Waals surface area contributed by atoms with Crippen molar-refractivity contribution in [3.63, 3.8) is 0 Å². The number of hydrogen-bond donors (Lipinski definition) is 2. The van der Waals surface area contributed by atoms with Crippen LogP contribution in [-0.2, 0) is 11.3 Å². The number of hydrogen-bond acceptors (Lipinski definition) is 2. The number of nitrogens with one attached hydrogen (secondary N) is 1. The van der Waals surface area contributed by atoms with Gasteiger partial charge in [-0.2, -0.15) is 0 Å². The summed E-state index contributed by atoms with van der Waals surface area (Å²) >= 11 is 0. The highest BCUT2D eigenvalue weighted by atomic mass is 16.4. The number of carboxylic acids is 1. The van der Waals surface area contributed by atoms with Gasteiger partial charge in [-0.25, -0.2) is 4.79 Å². The molecule has 1 aromatic heterocycles. The first kappa shape index (κ1) is 15.1. The smallest absolute Gasteiger partial charge is 0.336 e. The number of fused-ring (bicyclic) bond motifs is 1. The molecule has 1 amide bonds. The number of carboxylic acid groups (broad SMARTS) is 1. The summed E-state index contributed by atoms with van der Waals surface area (Å²) in [6.07, 6.45) is 1.75. The molecule has 0 fully saturated rings. The highest BCUT2D eigenvalue weighted by Gasteiger charge is 2.14.